The lowest BCUT2D eigenvalue weighted by molar-refractivity contribution is -0.117. The molecule has 0 radical (unpaired) electrons. The highest BCUT2D eigenvalue weighted by Crippen LogP contribution is 2.33. The Labute approximate surface area is 191 Å². The fourth-order valence-electron chi connectivity index (χ4n) is 3.96. The van der Waals surface area contributed by atoms with Crippen LogP contribution in [0.15, 0.2) is 55.1 Å². The van der Waals surface area contributed by atoms with Gasteiger partial charge in [0.15, 0.2) is 11.5 Å². The third-order valence-electron chi connectivity index (χ3n) is 5.78. The molecule has 2 aromatic carbocycles. The molecule has 0 saturated carbocycles. The van der Waals surface area contributed by atoms with Gasteiger partial charge in [0.2, 0.25) is 5.91 Å². The van der Waals surface area contributed by atoms with Crippen LogP contribution in [0.5, 0.6) is 17.2 Å². The Kier molecular flexibility index (Phi) is 8.99. The van der Waals surface area contributed by atoms with Crippen LogP contribution in [0.1, 0.15) is 37.2 Å². The maximum absolute atomic E-state index is 13.1. The van der Waals surface area contributed by atoms with Crippen LogP contribution >= 0.6 is 0 Å². The van der Waals surface area contributed by atoms with Crippen LogP contribution in [-0.2, 0) is 4.79 Å². The molecule has 32 heavy (non-hydrogen) atoms. The summed E-state index contributed by atoms with van der Waals surface area (Å²) in [5.41, 5.74) is 1.58. The van der Waals surface area contributed by atoms with Gasteiger partial charge in [0.1, 0.15) is 12.4 Å². The lowest BCUT2D eigenvalue weighted by Crippen LogP contribution is -2.33. The highest BCUT2D eigenvalue weighted by Gasteiger charge is 2.21. The molecule has 0 bridgehead atoms. The lowest BCUT2D eigenvalue weighted by Gasteiger charge is -2.26. The van der Waals surface area contributed by atoms with Crippen LogP contribution in [0, 0.1) is 0 Å². The summed E-state index contributed by atoms with van der Waals surface area (Å²) in [7, 11) is 3.24. The third kappa shape index (κ3) is 6.50. The number of amides is 1. The molecule has 6 nitrogen and oxygen atoms in total. The molecule has 0 spiro atoms. The Bertz CT molecular complexity index is 876. The van der Waals surface area contributed by atoms with Crippen LogP contribution in [-0.4, -0.2) is 51.3 Å². The number of carbonyl (C=O) groups excluding carboxylic acids is 1. The van der Waals surface area contributed by atoms with Gasteiger partial charge < -0.3 is 19.5 Å². The minimum Gasteiger partial charge on any atom is -0.497 e. The number of allylic oxidation sites excluding steroid dienone is 1. The number of hydrogen-bond acceptors (Lipinski definition) is 5. The van der Waals surface area contributed by atoms with E-state index in [-0.39, 0.29) is 11.8 Å². The van der Waals surface area contributed by atoms with Crippen LogP contribution in [0.3, 0.4) is 0 Å². The largest absolute Gasteiger partial charge is 0.497 e. The number of piperidine rings is 1. The van der Waals surface area contributed by atoms with Gasteiger partial charge in [0.05, 0.1) is 20.1 Å². The third-order valence-corrected chi connectivity index (χ3v) is 5.78. The number of likely N-dealkylation sites (tertiary alicyclic amines) is 1. The normalized spacial score (nSPS) is 14.9. The summed E-state index contributed by atoms with van der Waals surface area (Å²) in [6.45, 7) is 7.58. The quantitative estimate of drug-likeness (QED) is 0.508. The van der Waals surface area contributed by atoms with Gasteiger partial charge in [-0.1, -0.05) is 18.6 Å². The molecular formula is C26H34N2O4. The molecule has 1 saturated heterocycles. The fourth-order valence-corrected chi connectivity index (χ4v) is 3.96. The van der Waals surface area contributed by atoms with E-state index < -0.39 is 0 Å². The van der Waals surface area contributed by atoms with E-state index in [0.717, 1.165) is 36.6 Å². The zero-order valence-corrected chi connectivity index (χ0v) is 19.1. The van der Waals surface area contributed by atoms with E-state index in [1.165, 1.54) is 19.3 Å². The summed E-state index contributed by atoms with van der Waals surface area (Å²) in [6, 6.07) is 13.0. The van der Waals surface area contributed by atoms with Crippen molar-refractivity contribution in [2.24, 2.45) is 0 Å². The number of ether oxygens (including phenoxy) is 3. The van der Waals surface area contributed by atoms with Crippen LogP contribution in [0.2, 0.25) is 0 Å². The predicted molar refractivity (Wildman–Crippen MR) is 128 cm³/mol. The van der Waals surface area contributed by atoms with Crippen molar-refractivity contribution in [2.75, 3.05) is 45.8 Å². The van der Waals surface area contributed by atoms with Crippen molar-refractivity contribution in [3.05, 3.63) is 60.7 Å². The first-order valence-electron chi connectivity index (χ1n) is 11.2. The number of methoxy groups -OCH3 is 2. The topological polar surface area (TPSA) is 60.0 Å². The van der Waals surface area contributed by atoms with Gasteiger partial charge in [-0.05, 0) is 74.3 Å². The van der Waals surface area contributed by atoms with E-state index in [2.05, 4.69) is 16.8 Å². The smallest absolute Gasteiger partial charge is 0.232 e. The Morgan fingerprint density at radius 3 is 2.47 bits per heavy atom. The van der Waals surface area contributed by atoms with Crippen LogP contribution < -0.4 is 19.5 Å². The van der Waals surface area contributed by atoms with Crippen molar-refractivity contribution in [2.45, 2.75) is 31.6 Å². The average molecular weight is 439 g/mol. The van der Waals surface area contributed by atoms with Crippen molar-refractivity contribution in [3.8, 4) is 17.2 Å². The highest BCUT2D eigenvalue weighted by molar-refractivity contribution is 5.96. The van der Waals surface area contributed by atoms with Gasteiger partial charge in [-0.3, -0.25) is 9.69 Å². The van der Waals surface area contributed by atoms with Gasteiger partial charge in [0, 0.05) is 12.2 Å². The van der Waals surface area contributed by atoms with Crippen molar-refractivity contribution in [1.29, 1.82) is 0 Å². The summed E-state index contributed by atoms with van der Waals surface area (Å²) < 4.78 is 16.8. The number of hydrogen-bond donors (Lipinski definition) is 1. The van der Waals surface area contributed by atoms with Gasteiger partial charge in [-0.2, -0.15) is 0 Å². The zero-order chi connectivity index (χ0) is 22.8. The second-order valence-electron chi connectivity index (χ2n) is 7.96. The van der Waals surface area contributed by atoms with Crippen molar-refractivity contribution in [1.82, 2.24) is 4.90 Å². The molecule has 1 aliphatic rings. The number of rotatable bonds is 11. The summed E-state index contributed by atoms with van der Waals surface area (Å²) in [4.78, 5) is 15.5. The predicted octanol–water partition coefficient (Wildman–Crippen LogP) is 4.87. The molecule has 1 unspecified atom stereocenters. The Morgan fingerprint density at radius 2 is 1.81 bits per heavy atom. The van der Waals surface area contributed by atoms with Gasteiger partial charge >= 0.3 is 0 Å². The second-order valence-corrected chi connectivity index (χ2v) is 7.96. The molecule has 1 N–H and O–H groups in total. The Balaban J connectivity index is 1.70. The van der Waals surface area contributed by atoms with Crippen molar-refractivity contribution in [3.63, 3.8) is 0 Å². The van der Waals surface area contributed by atoms with Crippen LogP contribution in [0.25, 0.3) is 0 Å². The van der Waals surface area contributed by atoms with Crippen molar-refractivity contribution >= 4 is 11.6 Å². The second kappa shape index (κ2) is 12.2. The number of benzene rings is 2. The van der Waals surface area contributed by atoms with E-state index >= 15 is 0 Å². The molecule has 1 fully saturated rings. The molecule has 1 heterocycles. The first kappa shape index (κ1) is 23.7. The van der Waals surface area contributed by atoms with Gasteiger partial charge in [-0.25, -0.2) is 0 Å². The molecule has 0 aliphatic carbocycles. The fraction of sp³-hybridized carbons (Fsp3) is 0.423. The first-order chi connectivity index (χ1) is 15.6. The van der Waals surface area contributed by atoms with Crippen LogP contribution in [0.4, 0.5) is 5.69 Å². The molecular weight excluding hydrogens is 404 g/mol. The van der Waals surface area contributed by atoms with E-state index in [4.69, 9.17) is 14.2 Å². The molecule has 172 valence electrons. The highest BCUT2D eigenvalue weighted by atomic mass is 16.5. The summed E-state index contributed by atoms with van der Waals surface area (Å²) in [5, 5.41) is 2.99. The summed E-state index contributed by atoms with van der Waals surface area (Å²) in [5.74, 6) is 1.59. The number of nitrogens with zero attached hydrogens (tertiary/aromatic N) is 1. The minimum atomic E-state index is -0.384. The standard InChI is InChI=1S/C26H34N2O4/c1-4-8-23(26(29)27-21-10-12-22(30-2)13-11-21)20-9-14-24(31-3)25(19-20)32-18-17-28-15-6-5-7-16-28/h4,9-14,19,23H,1,5-8,15-18H2,2-3H3,(H,27,29). The average Bonchev–Trinajstić information content (AvgIpc) is 2.83. The SMILES string of the molecule is C=CCC(C(=O)Nc1ccc(OC)cc1)c1ccc(OC)c(OCCN2CCCCC2)c1. The molecule has 1 atom stereocenters. The molecule has 6 heteroatoms. The minimum absolute atomic E-state index is 0.0977. The zero-order valence-electron chi connectivity index (χ0n) is 19.1. The maximum atomic E-state index is 13.1. The number of anilines is 1. The molecule has 3 rings (SSSR count). The number of carbonyl (C=O) groups is 1. The van der Waals surface area contributed by atoms with E-state index in [1.54, 1.807) is 20.3 Å². The van der Waals surface area contributed by atoms with Gasteiger partial charge in [0.25, 0.3) is 0 Å². The summed E-state index contributed by atoms with van der Waals surface area (Å²) in [6.07, 6.45) is 6.11. The monoisotopic (exact) mass is 438 g/mol. The lowest BCUT2D eigenvalue weighted by atomic mass is 9.94. The van der Waals surface area contributed by atoms with Gasteiger partial charge in [-0.15, -0.1) is 6.58 Å². The molecule has 0 aromatic heterocycles. The maximum Gasteiger partial charge on any atom is 0.232 e. The van der Waals surface area contributed by atoms with E-state index in [0.29, 0.717) is 24.5 Å². The Hall–Kier alpha value is -2.99. The molecule has 1 aliphatic heterocycles. The van der Waals surface area contributed by atoms with Crippen molar-refractivity contribution < 1.29 is 19.0 Å². The Morgan fingerprint density at radius 1 is 1.06 bits per heavy atom. The van der Waals surface area contributed by atoms with E-state index in [9.17, 15) is 4.79 Å². The summed E-state index contributed by atoms with van der Waals surface area (Å²) >= 11 is 0. The van der Waals surface area contributed by atoms with E-state index in [1.807, 2.05) is 42.5 Å². The number of nitrogens with one attached hydrogen (secondary N) is 1. The molecule has 1 amide bonds. The first-order valence-corrected chi connectivity index (χ1v) is 11.2. The molecule has 2 aromatic rings.